The fraction of sp³-hybridized carbons (Fsp3) is 0.0556. The van der Waals surface area contributed by atoms with Crippen LogP contribution in [0.3, 0.4) is 0 Å². The summed E-state index contributed by atoms with van der Waals surface area (Å²) in [6.45, 7) is 0.613. The molecule has 4 aromatic rings. The summed E-state index contributed by atoms with van der Waals surface area (Å²) in [7, 11) is 6.29. The molecule has 3 heterocycles. The zero-order chi connectivity index (χ0) is 16.4. The first kappa shape index (κ1) is 14.4. The highest BCUT2D eigenvalue weighted by Gasteiger charge is 2.12. The number of hydrogen-bond acceptors (Lipinski definition) is 4. The van der Waals surface area contributed by atoms with Crippen molar-refractivity contribution in [3.8, 4) is 11.3 Å². The Morgan fingerprint density at radius 2 is 1.92 bits per heavy atom. The van der Waals surface area contributed by atoms with E-state index < -0.39 is 0 Å². The van der Waals surface area contributed by atoms with Crippen molar-refractivity contribution < 1.29 is 0 Å². The van der Waals surface area contributed by atoms with E-state index in [4.69, 9.17) is 12.8 Å². The van der Waals surface area contributed by atoms with Crippen LogP contribution < -0.4 is 10.9 Å². The van der Waals surface area contributed by atoms with E-state index in [1.165, 1.54) is 0 Å². The fourth-order valence-corrected chi connectivity index (χ4v) is 2.62. The number of benzene rings is 1. The summed E-state index contributed by atoms with van der Waals surface area (Å²) in [6.07, 6.45) is 7.14. The summed E-state index contributed by atoms with van der Waals surface area (Å²) in [5.41, 5.74) is 4.05. The van der Waals surface area contributed by atoms with E-state index in [0.29, 0.717) is 23.6 Å². The molecule has 3 aromatic heterocycles. The molecular weight excluding hydrogens is 297 g/mol. The maximum Gasteiger partial charge on any atom is 0.179 e. The predicted octanol–water partition coefficient (Wildman–Crippen LogP) is 2.20. The lowest BCUT2D eigenvalue weighted by Gasteiger charge is -2.13. The van der Waals surface area contributed by atoms with Crippen LogP contribution in [0.25, 0.3) is 16.9 Å². The number of pyridine rings is 1. The molecule has 0 aliphatic rings. The van der Waals surface area contributed by atoms with Crippen molar-refractivity contribution in [1.82, 2.24) is 19.4 Å². The predicted molar refractivity (Wildman–Crippen MR) is 95.4 cm³/mol. The zero-order valence-electron chi connectivity index (χ0n) is 12.9. The third kappa shape index (κ3) is 2.62. The highest BCUT2D eigenvalue weighted by molar-refractivity contribution is 6.34. The Bertz CT molecular complexity index is 967. The number of aromatic nitrogens is 4. The molecule has 0 saturated heterocycles. The van der Waals surface area contributed by atoms with Crippen molar-refractivity contribution in [2.24, 2.45) is 0 Å². The van der Waals surface area contributed by atoms with Crippen LogP contribution in [-0.2, 0) is 6.54 Å². The first-order valence-corrected chi connectivity index (χ1v) is 7.63. The van der Waals surface area contributed by atoms with Gasteiger partial charge in [0.05, 0.1) is 5.69 Å². The molecular formula is C18H14BN5. The van der Waals surface area contributed by atoms with Gasteiger partial charge in [0, 0.05) is 36.9 Å². The molecule has 0 amide bonds. The second-order valence-corrected chi connectivity index (χ2v) is 5.40. The van der Waals surface area contributed by atoms with Crippen LogP contribution in [0.2, 0.25) is 0 Å². The third-order valence-electron chi connectivity index (χ3n) is 3.81. The van der Waals surface area contributed by atoms with Crippen molar-refractivity contribution in [2.45, 2.75) is 6.54 Å². The van der Waals surface area contributed by atoms with Crippen LogP contribution in [0.5, 0.6) is 0 Å². The van der Waals surface area contributed by atoms with Crippen LogP contribution >= 0.6 is 0 Å². The number of rotatable bonds is 4. The molecule has 0 saturated carbocycles. The summed E-state index contributed by atoms with van der Waals surface area (Å²) in [6, 6.07) is 13.8. The molecule has 0 aliphatic heterocycles. The Morgan fingerprint density at radius 1 is 1.04 bits per heavy atom. The quantitative estimate of drug-likeness (QED) is 0.587. The van der Waals surface area contributed by atoms with Crippen molar-refractivity contribution in [2.75, 3.05) is 5.32 Å². The Morgan fingerprint density at radius 3 is 2.71 bits per heavy atom. The summed E-state index contributed by atoms with van der Waals surface area (Å²) < 4.78 is 1.85. The van der Waals surface area contributed by atoms with Gasteiger partial charge in [0.25, 0.3) is 0 Å². The van der Waals surface area contributed by atoms with Gasteiger partial charge in [-0.2, -0.15) is 0 Å². The number of nitrogens with zero attached hydrogens (tertiary/aromatic N) is 4. The average molecular weight is 311 g/mol. The average Bonchev–Trinajstić information content (AvgIpc) is 3.13. The monoisotopic (exact) mass is 311 g/mol. The van der Waals surface area contributed by atoms with Gasteiger partial charge in [0.15, 0.2) is 11.5 Å². The van der Waals surface area contributed by atoms with Crippen molar-refractivity contribution in [3.63, 3.8) is 0 Å². The molecule has 0 bridgehead atoms. The minimum atomic E-state index is 0.570. The molecule has 114 valence electrons. The standard InChI is InChI=1S/C18H14BN5/c19-16-15(14-6-2-1-3-7-14)23-17(18-21-9-10-24(16)18)22-12-13-5-4-8-20-11-13/h1-11H,12H2,(H,22,23). The number of nitrogens with one attached hydrogen (secondary N) is 1. The number of fused-ring (bicyclic) bond motifs is 1. The largest absolute Gasteiger partial charge is 0.363 e. The molecule has 0 atom stereocenters. The van der Waals surface area contributed by atoms with Crippen LogP contribution in [0, 0.1) is 0 Å². The highest BCUT2D eigenvalue weighted by Crippen LogP contribution is 2.20. The Hall–Kier alpha value is -3.15. The van der Waals surface area contributed by atoms with Crippen molar-refractivity contribution in [3.05, 3.63) is 72.8 Å². The van der Waals surface area contributed by atoms with Gasteiger partial charge in [0.1, 0.15) is 7.85 Å². The molecule has 0 unspecified atom stereocenters. The van der Waals surface area contributed by atoms with E-state index in [0.717, 1.165) is 16.8 Å². The molecule has 6 heteroatoms. The SMILES string of the molecule is [B]c1c(-c2ccccc2)nc(NCc2cccnc2)c2nccn12. The topological polar surface area (TPSA) is 55.1 Å². The lowest BCUT2D eigenvalue weighted by atomic mass is 9.96. The number of anilines is 1. The molecule has 24 heavy (non-hydrogen) atoms. The summed E-state index contributed by atoms with van der Waals surface area (Å²) >= 11 is 0. The minimum Gasteiger partial charge on any atom is -0.363 e. The second kappa shape index (κ2) is 6.16. The number of hydrogen-bond donors (Lipinski definition) is 1. The first-order chi connectivity index (χ1) is 11.8. The van der Waals surface area contributed by atoms with E-state index in [1.54, 1.807) is 12.4 Å². The summed E-state index contributed by atoms with van der Waals surface area (Å²) in [5.74, 6) is 0.692. The van der Waals surface area contributed by atoms with Gasteiger partial charge < -0.3 is 9.72 Å². The zero-order valence-corrected chi connectivity index (χ0v) is 12.9. The summed E-state index contributed by atoms with van der Waals surface area (Å²) in [4.78, 5) is 13.2. The van der Waals surface area contributed by atoms with E-state index in [9.17, 15) is 0 Å². The van der Waals surface area contributed by atoms with E-state index >= 15 is 0 Å². The molecule has 0 spiro atoms. The van der Waals surface area contributed by atoms with Gasteiger partial charge in [-0.3, -0.25) is 4.98 Å². The molecule has 1 aromatic carbocycles. The van der Waals surface area contributed by atoms with Crippen molar-refractivity contribution >= 4 is 24.9 Å². The molecule has 4 rings (SSSR count). The fourth-order valence-electron chi connectivity index (χ4n) is 2.62. The maximum absolute atomic E-state index is 6.29. The van der Waals surface area contributed by atoms with E-state index in [2.05, 4.69) is 15.3 Å². The minimum absolute atomic E-state index is 0.570. The van der Waals surface area contributed by atoms with Gasteiger partial charge >= 0.3 is 0 Å². The van der Waals surface area contributed by atoms with Crippen LogP contribution in [0.4, 0.5) is 5.82 Å². The summed E-state index contributed by atoms with van der Waals surface area (Å²) in [5, 5.41) is 3.34. The van der Waals surface area contributed by atoms with E-state index in [1.807, 2.05) is 59.3 Å². The van der Waals surface area contributed by atoms with Gasteiger partial charge in [-0.15, -0.1) is 0 Å². The Labute approximate surface area is 140 Å². The van der Waals surface area contributed by atoms with Gasteiger partial charge in [-0.05, 0) is 17.2 Å². The highest BCUT2D eigenvalue weighted by atomic mass is 15.1. The van der Waals surface area contributed by atoms with Crippen LogP contribution in [-0.4, -0.2) is 27.2 Å². The number of imidazole rings is 1. The van der Waals surface area contributed by atoms with Crippen LogP contribution in [0.1, 0.15) is 5.56 Å². The lowest BCUT2D eigenvalue weighted by molar-refractivity contribution is 1.07. The Kier molecular flexibility index (Phi) is 3.71. The van der Waals surface area contributed by atoms with Gasteiger partial charge in [-0.25, -0.2) is 9.97 Å². The molecule has 2 radical (unpaired) electrons. The molecule has 5 nitrogen and oxygen atoms in total. The smallest absolute Gasteiger partial charge is 0.179 e. The normalized spacial score (nSPS) is 10.8. The van der Waals surface area contributed by atoms with Crippen LogP contribution in [0.15, 0.2) is 67.3 Å². The second-order valence-electron chi connectivity index (χ2n) is 5.40. The first-order valence-electron chi connectivity index (χ1n) is 7.63. The maximum atomic E-state index is 6.29. The molecule has 0 fully saturated rings. The van der Waals surface area contributed by atoms with Gasteiger partial charge in [-0.1, -0.05) is 36.4 Å². The third-order valence-corrected chi connectivity index (χ3v) is 3.81. The van der Waals surface area contributed by atoms with Gasteiger partial charge in [0.2, 0.25) is 0 Å². The van der Waals surface area contributed by atoms with Crippen molar-refractivity contribution in [1.29, 1.82) is 0 Å². The Balaban J connectivity index is 1.77. The van der Waals surface area contributed by atoms with E-state index in [-0.39, 0.29) is 0 Å². The molecule has 1 N–H and O–H groups in total. The molecule has 0 aliphatic carbocycles. The lowest BCUT2D eigenvalue weighted by Crippen LogP contribution is -2.20.